The Morgan fingerprint density at radius 3 is 2.91 bits per heavy atom. The van der Waals surface area contributed by atoms with Crippen molar-refractivity contribution >= 4 is 5.91 Å². The topological polar surface area (TPSA) is 29.1 Å². The van der Waals surface area contributed by atoms with Gasteiger partial charge < -0.3 is 5.32 Å². The Labute approximate surface area is 68.4 Å². The number of hydrogen-bond acceptors (Lipinski definition) is 1. The molecule has 1 N–H and O–H groups in total. The second-order valence-corrected chi connectivity index (χ2v) is 3.62. The van der Waals surface area contributed by atoms with Gasteiger partial charge in [-0.3, -0.25) is 4.79 Å². The second-order valence-electron chi connectivity index (χ2n) is 3.62. The summed E-state index contributed by atoms with van der Waals surface area (Å²) in [6, 6.07) is 0. The van der Waals surface area contributed by atoms with Gasteiger partial charge in [0.25, 0.3) is 0 Å². The molecule has 1 aliphatic heterocycles. The molecule has 1 heterocycles. The highest BCUT2D eigenvalue weighted by molar-refractivity contribution is 5.78. The van der Waals surface area contributed by atoms with E-state index < -0.39 is 0 Å². The molecule has 1 saturated heterocycles. The maximum absolute atomic E-state index is 10.8. The summed E-state index contributed by atoms with van der Waals surface area (Å²) in [6.07, 6.45) is 3.18. The molecule has 0 aromatic heterocycles. The van der Waals surface area contributed by atoms with Crippen LogP contribution in [0, 0.1) is 11.8 Å². The minimum Gasteiger partial charge on any atom is -0.356 e. The van der Waals surface area contributed by atoms with E-state index in [4.69, 9.17) is 0 Å². The largest absolute Gasteiger partial charge is 0.356 e. The van der Waals surface area contributed by atoms with Gasteiger partial charge in [-0.25, -0.2) is 0 Å². The van der Waals surface area contributed by atoms with Gasteiger partial charge in [-0.2, -0.15) is 0 Å². The molecule has 0 radical (unpaired) electrons. The molecule has 0 aromatic rings. The van der Waals surface area contributed by atoms with Crippen molar-refractivity contribution in [2.75, 3.05) is 6.54 Å². The number of carbonyl (C=O) groups excluding carboxylic acids is 1. The lowest BCUT2D eigenvalue weighted by molar-refractivity contribution is -0.119. The van der Waals surface area contributed by atoms with E-state index in [1.165, 1.54) is 12.8 Å². The quantitative estimate of drug-likeness (QED) is 0.658. The Morgan fingerprint density at radius 2 is 2.45 bits per heavy atom. The van der Waals surface area contributed by atoms with Crippen LogP contribution in [0.15, 0.2) is 0 Å². The number of nitrogens with one attached hydrogen (secondary N) is 1. The molecule has 0 bridgehead atoms. The fourth-order valence-electron chi connectivity index (χ4n) is 1.57. The van der Waals surface area contributed by atoms with E-state index in [2.05, 4.69) is 19.2 Å². The van der Waals surface area contributed by atoms with Crippen molar-refractivity contribution in [1.82, 2.24) is 5.32 Å². The van der Waals surface area contributed by atoms with E-state index in [9.17, 15) is 4.79 Å². The van der Waals surface area contributed by atoms with Crippen molar-refractivity contribution < 1.29 is 4.79 Å². The van der Waals surface area contributed by atoms with E-state index in [0.29, 0.717) is 5.92 Å². The van der Waals surface area contributed by atoms with Crippen LogP contribution < -0.4 is 5.32 Å². The summed E-state index contributed by atoms with van der Waals surface area (Å²) in [7, 11) is 0. The molecule has 2 nitrogen and oxygen atoms in total. The first-order chi connectivity index (χ1) is 5.22. The van der Waals surface area contributed by atoms with Gasteiger partial charge in [0.05, 0.1) is 0 Å². The van der Waals surface area contributed by atoms with E-state index in [1.54, 1.807) is 0 Å². The lowest BCUT2D eigenvalue weighted by Gasteiger charge is -2.11. The highest BCUT2D eigenvalue weighted by Gasteiger charge is 2.22. The van der Waals surface area contributed by atoms with Gasteiger partial charge in [0, 0.05) is 13.0 Å². The van der Waals surface area contributed by atoms with Gasteiger partial charge in [0.1, 0.15) is 0 Å². The summed E-state index contributed by atoms with van der Waals surface area (Å²) in [5.41, 5.74) is 0. The zero-order chi connectivity index (χ0) is 8.27. The van der Waals surface area contributed by atoms with Gasteiger partial charge >= 0.3 is 0 Å². The predicted molar refractivity (Wildman–Crippen MR) is 45.2 cm³/mol. The molecule has 2 heteroatoms. The smallest absolute Gasteiger partial charge is 0.220 e. The highest BCUT2D eigenvalue weighted by atomic mass is 16.1. The van der Waals surface area contributed by atoms with Gasteiger partial charge in [-0.1, -0.05) is 20.3 Å². The van der Waals surface area contributed by atoms with Crippen LogP contribution in [-0.4, -0.2) is 12.5 Å². The molecule has 0 saturated carbocycles. The fourth-order valence-corrected chi connectivity index (χ4v) is 1.57. The van der Waals surface area contributed by atoms with Crippen molar-refractivity contribution in [3.8, 4) is 0 Å². The lowest BCUT2D eigenvalue weighted by atomic mass is 9.93. The van der Waals surface area contributed by atoms with Crippen LogP contribution in [0.4, 0.5) is 0 Å². The van der Waals surface area contributed by atoms with Crippen LogP contribution >= 0.6 is 0 Å². The normalized spacial score (nSPS) is 26.7. The van der Waals surface area contributed by atoms with Gasteiger partial charge in [-0.15, -0.1) is 0 Å². The molecular formula is C9H17NO. The summed E-state index contributed by atoms with van der Waals surface area (Å²) in [6.45, 7) is 5.36. The van der Waals surface area contributed by atoms with Gasteiger partial charge in [-0.05, 0) is 18.3 Å². The molecule has 1 fully saturated rings. The maximum Gasteiger partial charge on any atom is 0.220 e. The van der Waals surface area contributed by atoms with Crippen LogP contribution in [0.3, 0.4) is 0 Å². The summed E-state index contributed by atoms with van der Waals surface area (Å²) in [5, 5.41) is 2.86. The van der Waals surface area contributed by atoms with Crippen molar-refractivity contribution in [2.24, 2.45) is 11.8 Å². The molecular weight excluding hydrogens is 138 g/mol. The zero-order valence-electron chi connectivity index (χ0n) is 7.39. The Bertz CT molecular complexity index is 144. The first-order valence-corrected chi connectivity index (χ1v) is 4.49. The third kappa shape index (κ3) is 2.52. The van der Waals surface area contributed by atoms with Crippen LogP contribution in [0.25, 0.3) is 0 Å². The Kier molecular flexibility index (Phi) is 2.92. The highest BCUT2D eigenvalue weighted by Crippen LogP contribution is 2.20. The SMILES string of the molecule is CCC(C)C[C@@H]1CNC(=O)C1. The van der Waals surface area contributed by atoms with Gasteiger partial charge in [0.2, 0.25) is 5.91 Å². The van der Waals surface area contributed by atoms with Crippen LogP contribution in [0.5, 0.6) is 0 Å². The standard InChI is InChI=1S/C9H17NO/c1-3-7(2)4-8-5-9(11)10-6-8/h7-8H,3-6H2,1-2H3,(H,10,11)/t7?,8-/m0/s1. The first-order valence-electron chi connectivity index (χ1n) is 4.49. The number of rotatable bonds is 3. The fraction of sp³-hybridized carbons (Fsp3) is 0.889. The molecule has 2 atom stereocenters. The third-order valence-electron chi connectivity index (χ3n) is 2.49. The minimum atomic E-state index is 0.235. The Balaban J connectivity index is 2.22. The van der Waals surface area contributed by atoms with E-state index >= 15 is 0 Å². The lowest BCUT2D eigenvalue weighted by Crippen LogP contribution is -2.14. The van der Waals surface area contributed by atoms with Crippen molar-refractivity contribution in [3.63, 3.8) is 0 Å². The number of hydrogen-bond donors (Lipinski definition) is 1. The molecule has 0 aromatic carbocycles. The van der Waals surface area contributed by atoms with Crippen molar-refractivity contribution in [1.29, 1.82) is 0 Å². The van der Waals surface area contributed by atoms with Crippen LogP contribution in [0.1, 0.15) is 33.1 Å². The Morgan fingerprint density at radius 1 is 1.73 bits per heavy atom. The molecule has 1 amide bonds. The van der Waals surface area contributed by atoms with Crippen molar-refractivity contribution in [2.45, 2.75) is 33.1 Å². The van der Waals surface area contributed by atoms with Crippen molar-refractivity contribution in [3.05, 3.63) is 0 Å². The van der Waals surface area contributed by atoms with Gasteiger partial charge in [0.15, 0.2) is 0 Å². The zero-order valence-corrected chi connectivity index (χ0v) is 7.39. The van der Waals surface area contributed by atoms with Crippen LogP contribution in [-0.2, 0) is 4.79 Å². The average Bonchev–Trinajstić information content (AvgIpc) is 2.35. The van der Waals surface area contributed by atoms with Crippen LogP contribution in [0.2, 0.25) is 0 Å². The molecule has 1 aliphatic rings. The molecule has 0 spiro atoms. The monoisotopic (exact) mass is 155 g/mol. The molecule has 1 rings (SSSR count). The molecule has 64 valence electrons. The number of carbonyl (C=O) groups is 1. The molecule has 0 aliphatic carbocycles. The van der Waals surface area contributed by atoms with E-state index in [-0.39, 0.29) is 5.91 Å². The second kappa shape index (κ2) is 3.74. The number of amides is 1. The predicted octanol–water partition coefficient (Wildman–Crippen LogP) is 1.56. The summed E-state index contributed by atoms with van der Waals surface area (Å²) in [4.78, 5) is 10.8. The molecule has 1 unspecified atom stereocenters. The first kappa shape index (κ1) is 8.57. The molecule has 11 heavy (non-hydrogen) atoms. The third-order valence-corrected chi connectivity index (χ3v) is 2.49. The summed E-state index contributed by atoms with van der Waals surface area (Å²) < 4.78 is 0. The minimum absolute atomic E-state index is 0.235. The Hall–Kier alpha value is -0.530. The average molecular weight is 155 g/mol. The summed E-state index contributed by atoms with van der Waals surface area (Å²) >= 11 is 0. The summed E-state index contributed by atoms with van der Waals surface area (Å²) in [5.74, 6) is 1.61. The maximum atomic E-state index is 10.8. The van der Waals surface area contributed by atoms with E-state index in [1.807, 2.05) is 0 Å². The van der Waals surface area contributed by atoms with E-state index in [0.717, 1.165) is 18.9 Å².